The average Bonchev–Trinajstić information content (AvgIpc) is 2.36. The van der Waals surface area contributed by atoms with Crippen LogP contribution in [0.15, 0.2) is 50.8 Å². The van der Waals surface area contributed by atoms with Crippen molar-refractivity contribution < 1.29 is 36.0 Å². The minimum absolute atomic E-state index is 0.124. The summed E-state index contributed by atoms with van der Waals surface area (Å²) in [6, 6.07) is 3.74. The Kier molecular flexibility index (Phi) is 5.04. The lowest BCUT2D eigenvalue weighted by Gasteiger charge is -2.07. The van der Waals surface area contributed by atoms with Gasteiger partial charge in [-0.1, -0.05) is 0 Å². The van der Waals surface area contributed by atoms with E-state index < -0.39 is 38.4 Å². The maximum absolute atomic E-state index is 12.3. The lowest BCUT2D eigenvalue weighted by atomic mass is 10.3. The van der Waals surface area contributed by atoms with Gasteiger partial charge in [0, 0.05) is 6.92 Å². The first-order valence-electron chi connectivity index (χ1n) is 5.42. The SMILES string of the molecule is CC(=O)/C(N=Nc1ccc(S(=O)(=O)[O-])cc1)=C(/O)C(F)(F)F. The summed E-state index contributed by atoms with van der Waals surface area (Å²) in [5.74, 6) is -3.36. The molecule has 0 aromatic heterocycles. The van der Waals surface area contributed by atoms with Gasteiger partial charge in [-0.15, -0.1) is 5.11 Å². The van der Waals surface area contributed by atoms with Gasteiger partial charge >= 0.3 is 6.18 Å². The maximum atomic E-state index is 12.3. The summed E-state index contributed by atoms with van der Waals surface area (Å²) in [4.78, 5) is 10.5. The Morgan fingerprint density at radius 1 is 1.23 bits per heavy atom. The number of azo groups is 1. The number of allylic oxidation sites excluding steroid dienone is 2. The molecule has 0 aliphatic rings. The van der Waals surface area contributed by atoms with Crippen molar-refractivity contribution in [2.45, 2.75) is 18.0 Å². The van der Waals surface area contributed by atoms with E-state index >= 15 is 0 Å². The fourth-order valence-corrected chi connectivity index (χ4v) is 1.68. The van der Waals surface area contributed by atoms with Crippen LogP contribution >= 0.6 is 0 Å². The second-order valence-electron chi connectivity index (χ2n) is 3.90. The molecule has 0 fully saturated rings. The smallest absolute Gasteiger partial charge is 0.451 e. The summed E-state index contributed by atoms with van der Waals surface area (Å²) < 4.78 is 69.0. The van der Waals surface area contributed by atoms with Crippen molar-refractivity contribution in [2.75, 3.05) is 0 Å². The van der Waals surface area contributed by atoms with Crippen LogP contribution in [-0.2, 0) is 14.9 Å². The lowest BCUT2D eigenvalue weighted by molar-refractivity contribution is -0.126. The third kappa shape index (κ3) is 4.63. The Morgan fingerprint density at radius 2 is 1.73 bits per heavy atom. The van der Waals surface area contributed by atoms with Crippen LogP contribution in [0.5, 0.6) is 0 Å². The number of nitrogens with zero attached hydrogens (tertiary/aromatic N) is 2. The molecule has 1 N–H and O–H groups in total. The molecule has 7 nitrogen and oxygen atoms in total. The third-order valence-corrected chi connectivity index (χ3v) is 3.07. The van der Waals surface area contributed by atoms with E-state index in [1.165, 1.54) is 0 Å². The van der Waals surface area contributed by atoms with Crippen molar-refractivity contribution in [1.82, 2.24) is 0 Å². The monoisotopic (exact) mass is 337 g/mol. The number of ketones is 1. The summed E-state index contributed by atoms with van der Waals surface area (Å²) in [5, 5.41) is 15.2. The van der Waals surface area contributed by atoms with Gasteiger partial charge in [-0.2, -0.15) is 18.3 Å². The highest BCUT2D eigenvalue weighted by Gasteiger charge is 2.38. The molecular weight excluding hydrogens is 329 g/mol. The summed E-state index contributed by atoms with van der Waals surface area (Å²) in [6.45, 7) is 0.753. The van der Waals surface area contributed by atoms with Gasteiger partial charge in [0.1, 0.15) is 10.1 Å². The number of hydrogen-bond acceptors (Lipinski definition) is 7. The predicted octanol–water partition coefficient (Wildman–Crippen LogP) is 2.60. The van der Waals surface area contributed by atoms with Crippen molar-refractivity contribution in [3.05, 3.63) is 35.7 Å². The first-order chi connectivity index (χ1) is 9.93. The zero-order valence-corrected chi connectivity index (χ0v) is 11.6. The van der Waals surface area contributed by atoms with Gasteiger partial charge in [0.15, 0.2) is 11.5 Å². The molecule has 0 aliphatic heterocycles. The van der Waals surface area contributed by atoms with E-state index in [-0.39, 0.29) is 5.69 Å². The Morgan fingerprint density at radius 3 is 2.09 bits per heavy atom. The Labute approximate surface area is 122 Å². The van der Waals surface area contributed by atoms with Crippen molar-refractivity contribution in [3.63, 3.8) is 0 Å². The van der Waals surface area contributed by atoms with E-state index in [2.05, 4.69) is 10.2 Å². The summed E-state index contributed by atoms with van der Waals surface area (Å²) >= 11 is 0. The van der Waals surface area contributed by atoms with E-state index in [4.69, 9.17) is 5.11 Å². The van der Waals surface area contributed by atoms with Gasteiger partial charge < -0.3 is 9.66 Å². The van der Waals surface area contributed by atoms with Gasteiger partial charge in [0.05, 0.1) is 10.6 Å². The molecule has 22 heavy (non-hydrogen) atoms. The molecule has 120 valence electrons. The highest BCUT2D eigenvalue weighted by atomic mass is 32.2. The quantitative estimate of drug-likeness (QED) is 0.392. The van der Waals surface area contributed by atoms with E-state index in [0.717, 1.165) is 31.2 Å². The molecule has 0 bridgehead atoms. The predicted molar refractivity (Wildman–Crippen MR) is 65.3 cm³/mol. The van der Waals surface area contributed by atoms with Crippen LogP contribution in [0.3, 0.4) is 0 Å². The largest absolute Gasteiger partial charge is 0.744 e. The Hall–Kier alpha value is -2.27. The molecule has 0 amide bonds. The Balaban J connectivity index is 3.16. The molecule has 0 atom stereocenters. The number of aliphatic hydroxyl groups is 1. The normalized spacial score (nSPS) is 14.0. The summed E-state index contributed by atoms with van der Waals surface area (Å²) in [5.41, 5.74) is -1.42. The second-order valence-corrected chi connectivity index (χ2v) is 5.28. The molecule has 0 spiro atoms. The maximum Gasteiger partial charge on any atom is 0.451 e. The van der Waals surface area contributed by atoms with E-state index in [1.807, 2.05) is 0 Å². The first-order valence-corrected chi connectivity index (χ1v) is 6.83. The highest BCUT2D eigenvalue weighted by molar-refractivity contribution is 7.85. The molecule has 0 unspecified atom stereocenters. The number of hydrogen-bond donors (Lipinski definition) is 1. The first kappa shape index (κ1) is 17.8. The molecular formula is C11H8F3N2O5S-. The molecule has 11 heteroatoms. The van der Waals surface area contributed by atoms with Crippen LogP contribution < -0.4 is 0 Å². The standard InChI is InChI=1S/C11H9F3N2O5S/c1-6(17)9(10(18)11(12,13)14)16-15-7-2-4-8(5-3-7)22(19,20)21/h2-5,18H,1H3,(H,19,20,21)/p-1/b10-9-,16-15?. The molecule has 1 aromatic rings. The van der Waals surface area contributed by atoms with Gasteiger partial charge in [-0.3, -0.25) is 4.79 Å². The molecule has 0 saturated carbocycles. The minimum Gasteiger partial charge on any atom is -0.744 e. The number of carbonyl (C=O) groups excluding carboxylic acids is 1. The topological polar surface area (TPSA) is 119 Å². The molecule has 0 aliphatic carbocycles. The van der Waals surface area contributed by atoms with Gasteiger partial charge in [0.2, 0.25) is 5.76 Å². The van der Waals surface area contributed by atoms with E-state index in [0.29, 0.717) is 0 Å². The number of Topliss-reactive ketones (excluding diaryl/α,β-unsaturated/α-hetero) is 1. The number of rotatable bonds is 4. The van der Waals surface area contributed by atoms with Crippen LogP contribution in [-0.4, -0.2) is 30.0 Å². The second kappa shape index (κ2) is 6.23. The molecule has 0 radical (unpaired) electrons. The van der Waals surface area contributed by atoms with Crippen LogP contribution in [0, 0.1) is 0 Å². The van der Waals surface area contributed by atoms with Crippen LogP contribution in [0.25, 0.3) is 0 Å². The van der Waals surface area contributed by atoms with Crippen LogP contribution in [0.2, 0.25) is 0 Å². The van der Waals surface area contributed by atoms with Crippen molar-refractivity contribution >= 4 is 21.6 Å². The fourth-order valence-electron chi connectivity index (χ4n) is 1.21. The molecule has 1 aromatic carbocycles. The molecule has 1 rings (SSSR count). The Bertz CT molecular complexity index is 736. The average molecular weight is 337 g/mol. The fraction of sp³-hybridized carbons (Fsp3) is 0.182. The number of carbonyl (C=O) groups is 1. The highest BCUT2D eigenvalue weighted by Crippen LogP contribution is 2.27. The van der Waals surface area contributed by atoms with Crippen molar-refractivity contribution in [1.29, 1.82) is 0 Å². The van der Waals surface area contributed by atoms with Crippen molar-refractivity contribution in [2.24, 2.45) is 10.2 Å². The molecule has 0 heterocycles. The minimum atomic E-state index is -5.17. The van der Waals surface area contributed by atoms with Crippen molar-refractivity contribution in [3.8, 4) is 0 Å². The van der Waals surface area contributed by atoms with Gasteiger partial charge in [0.25, 0.3) is 0 Å². The third-order valence-electron chi connectivity index (χ3n) is 2.22. The summed E-state index contributed by atoms with van der Waals surface area (Å²) in [6.07, 6.45) is -5.17. The van der Waals surface area contributed by atoms with Crippen LogP contribution in [0.1, 0.15) is 6.92 Å². The van der Waals surface area contributed by atoms with E-state index in [1.54, 1.807) is 0 Å². The van der Waals surface area contributed by atoms with Gasteiger partial charge in [-0.25, -0.2) is 8.42 Å². The zero-order chi connectivity index (χ0) is 17.1. The zero-order valence-electron chi connectivity index (χ0n) is 10.8. The number of benzene rings is 1. The number of alkyl halides is 3. The molecule has 0 saturated heterocycles. The number of halogens is 3. The lowest BCUT2D eigenvalue weighted by Crippen LogP contribution is -2.16. The summed E-state index contributed by atoms with van der Waals surface area (Å²) in [7, 11) is -4.67. The van der Waals surface area contributed by atoms with E-state index in [9.17, 15) is 30.9 Å². The van der Waals surface area contributed by atoms with Crippen LogP contribution in [0.4, 0.5) is 18.9 Å². The van der Waals surface area contributed by atoms with Gasteiger partial charge in [-0.05, 0) is 24.3 Å². The number of aliphatic hydroxyl groups excluding tert-OH is 1.